The molecule has 0 spiro atoms. The van der Waals surface area contributed by atoms with Crippen LogP contribution in [0, 0.1) is 0 Å². The number of carbonyl (C=O) groups is 1. The van der Waals surface area contributed by atoms with E-state index in [0.717, 1.165) is 0 Å². The predicted octanol–water partition coefficient (Wildman–Crippen LogP) is 0.348. The van der Waals surface area contributed by atoms with Gasteiger partial charge in [-0.25, -0.2) is 4.98 Å². The van der Waals surface area contributed by atoms with E-state index < -0.39 is 17.6 Å². The van der Waals surface area contributed by atoms with Gasteiger partial charge in [-0.15, -0.1) is 0 Å². The molecule has 1 atom stereocenters. The molecular formula is C9H13F3N4O. The number of aromatic nitrogens is 2. The van der Waals surface area contributed by atoms with E-state index in [2.05, 4.69) is 15.3 Å². The fourth-order valence-corrected chi connectivity index (χ4v) is 1.04. The second kappa shape index (κ2) is 4.74. The van der Waals surface area contributed by atoms with E-state index in [1.54, 1.807) is 6.20 Å². The first-order valence-corrected chi connectivity index (χ1v) is 4.87. The summed E-state index contributed by atoms with van der Waals surface area (Å²) in [5, 5.41) is 2.12. The molecule has 5 nitrogen and oxygen atoms in total. The van der Waals surface area contributed by atoms with E-state index in [-0.39, 0.29) is 6.54 Å². The number of carbonyl (C=O) groups excluding carboxylic acids is 1. The summed E-state index contributed by atoms with van der Waals surface area (Å²) in [5.74, 6) is -0.674. The normalized spacial score (nSPS) is 15.4. The van der Waals surface area contributed by atoms with Crippen molar-refractivity contribution < 1.29 is 18.0 Å². The van der Waals surface area contributed by atoms with Crippen molar-refractivity contribution in [3.05, 3.63) is 18.2 Å². The number of aromatic amines is 1. The number of amides is 1. The third kappa shape index (κ3) is 3.19. The Balaban J connectivity index is 2.45. The average Bonchev–Trinajstić information content (AvgIpc) is 2.68. The quantitative estimate of drug-likeness (QED) is 0.720. The van der Waals surface area contributed by atoms with Crippen molar-refractivity contribution in [2.75, 3.05) is 6.54 Å². The smallest absolute Gasteiger partial charge is 0.354 e. The molecule has 0 aliphatic rings. The Kier molecular flexibility index (Phi) is 3.76. The molecule has 0 fully saturated rings. The number of hydrogen-bond donors (Lipinski definition) is 3. The number of hydrogen-bond acceptors (Lipinski definition) is 3. The molecule has 0 aliphatic carbocycles. The van der Waals surface area contributed by atoms with E-state index in [4.69, 9.17) is 5.73 Å². The monoisotopic (exact) mass is 250 g/mol. The van der Waals surface area contributed by atoms with Crippen LogP contribution in [0.3, 0.4) is 0 Å². The molecule has 1 rings (SSSR count). The van der Waals surface area contributed by atoms with Gasteiger partial charge in [0.25, 0.3) is 0 Å². The van der Waals surface area contributed by atoms with Gasteiger partial charge in [0.15, 0.2) is 5.54 Å². The highest BCUT2D eigenvalue weighted by Crippen LogP contribution is 2.27. The van der Waals surface area contributed by atoms with Crippen LogP contribution in [0.15, 0.2) is 12.4 Å². The SMILES string of the molecule is CC(N)(C(=O)NCCc1ncc[nH]1)C(F)(F)F. The molecule has 0 saturated carbocycles. The van der Waals surface area contributed by atoms with E-state index in [1.165, 1.54) is 6.20 Å². The molecule has 0 aromatic carbocycles. The van der Waals surface area contributed by atoms with E-state index in [0.29, 0.717) is 19.2 Å². The lowest BCUT2D eigenvalue weighted by Gasteiger charge is -2.26. The molecule has 8 heteroatoms. The lowest BCUT2D eigenvalue weighted by molar-refractivity contribution is -0.187. The van der Waals surface area contributed by atoms with Crippen LogP contribution in [0.1, 0.15) is 12.7 Å². The number of alkyl halides is 3. The van der Waals surface area contributed by atoms with E-state index >= 15 is 0 Å². The topological polar surface area (TPSA) is 83.8 Å². The van der Waals surface area contributed by atoms with Gasteiger partial charge in [0.1, 0.15) is 5.82 Å². The van der Waals surface area contributed by atoms with Gasteiger partial charge < -0.3 is 16.0 Å². The zero-order valence-corrected chi connectivity index (χ0v) is 9.14. The van der Waals surface area contributed by atoms with Crippen LogP contribution in [0.5, 0.6) is 0 Å². The van der Waals surface area contributed by atoms with Crippen molar-refractivity contribution in [3.8, 4) is 0 Å². The Hall–Kier alpha value is -1.57. The Bertz CT molecular complexity index is 372. The summed E-state index contributed by atoms with van der Waals surface area (Å²) >= 11 is 0. The summed E-state index contributed by atoms with van der Waals surface area (Å²) in [7, 11) is 0. The van der Waals surface area contributed by atoms with Crippen LogP contribution >= 0.6 is 0 Å². The molecule has 0 aliphatic heterocycles. The Morgan fingerprint density at radius 2 is 2.24 bits per heavy atom. The number of nitrogens with two attached hydrogens (primary N) is 1. The van der Waals surface area contributed by atoms with Gasteiger partial charge in [-0.3, -0.25) is 4.79 Å². The van der Waals surface area contributed by atoms with Crippen LogP contribution in [-0.4, -0.2) is 34.1 Å². The summed E-state index contributed by atoms with van der Waals surface area (Å²) in [4.78, 5) is 17.9. The molecule has 96 valence electrons. The Labute approximate surface area is 95.6 Å². The number of H-pyrrole nitrogens is 1. The van der Waals surface area contributed by atoms with Gasteiger partial charge in [-0.05, 0) is 6.92 Å². The standard InChI is InChI=1S/C9H13F3N4O/c1-8(13,9(10,11)12)7(17)16-3-2-6-14-4-5-15-6/h4-5H,2-3,13H2,1H3,(H,14,15)(H,16,17). The highest BCUT2D eigenvalue weighted by molar-refractivity contribution is 5.86. The Morgan fingerprint density at radius 3 is 2.71 bits per heavy atom. The lowest BCUT2D eigenvalue weighted by atomic mass is 10.0. The molecule has 1 heterocycles. The number of imidazole rings is 1. The van der Waals surface area contributed by atoms with Gasteiger partial charge in [-0.2, -0.15) is 13.2 Å². The van der Waals surface area contributed by atoms with Gasteiger partial charge in [0.2, 0.25) is 5.91 Å². The average molecular weight is 250 g/mol. The van der Waals surface area contributed by atoms with Crippen molar-refractivity contribution in [2.24, 2.45) is 5.73 Å². The minimum Gasteiger partial charge on any atom is -0.354 e. The van der Waals surface area contributed by atoms with Crippen molar-refractivity contribution in [2.45, 2.75) is 25.1 Å². The van der Waals surface area contributed by atoms with Gasteiger partial charge in [0.05, 0.1) is 0 Å². The fraction of sp³-hybridized carbons (Fsp3) is 0.556. The Morgan fingerprint density at radius 1 is 1.59 bits per heavy atom. The number of rotatable bonds is 4. The van der Waals surface area contributed by atoms with E-state index in [9.17, 15) is 18.0 Å². The zero-order valence-electron chi connectivity index (χ0n) is 9.14. The largest absolute Gasteiger partial charge is 0.415 e. The maximum Gasteiger partial charge on any atom is 0.415 e. The fourth-order valence-electron chi connectivity index (χ4n) is 1.04. The van der Waals surface area contributed by atoms with Crippen LogP contribution in [0.2, 0.25) is 0 Å². The van der Waals surface area contributed by atoms with Crippen molar-refractivity contribution in [1.29, 1.82) is 0 Å². The summed E-state index contributed by atoms with van der Waals surface area (Å²) in [6.45, 7) is 0.671. The van der Waals surface area contributed by atoms with Crippen LogP contribution in [0.25, 0.3) is 0 Å². The maximum atomic E-state index is 12.4. The van der Waals surface area contributed by atoms with E-state index in [1.807, 2.05) is 0 Å². The first-order chi connectivity index (χ1) is 7.75. The van der Waals surface area contributed by atoms with Crippen LogP contribution < -0.4 is 11.1 Å². The first kappa shape index (κ1) is 13.5. The van der Waals surface area contributed by atoms with Crippen molar-refractivity contribution >= 4 is 5.91 Å². The van der Waals surface area contributed by atoms with Crippen molar-refractivity contribution in [1.82, 2.24) is 15.3 Å². The molecule has 0 saturated heterocycles. The molecule has 4 N–H and O–H groups in total. The van der Waals surface area contributed by atoms with Crippen molar-refractivity contribution in [3.63, 3.8) is 0 Å². The highest BCUT2D eigenvalue weighted by atomic mass is 19.4. The number of nitrogens with zero attached hydrogens (tertiary/aromatic N) is 1. The minimum atomic E-state index is -4.78. The summed E-state index contributed by atoms with van der Waals surface area (Å²) in [6.07, 6.45) is -1.37. The molecule has 17 heavy (non-hydrogen) atoms. The number of nitrogens with one attached hydrogen (secondary N) is 2. The molecule has 0 bridgehead atoms. The van der Waals surface area contributed by atoms with Gasteiger partial charge in [0, 0.05) is 25.4 Å². The second-order valence-electron chi connectivity index (χ2n) is 3.74. The molecule has 1 aromatic rings. The van der Waals surface area contributed by atoms with Crippen LogP contribution in [-0.2, 0) is 11.2 Å². The third-order valence-electron chi connectivity index (χ3n) is 2.26. The molecule has 0 radical (unpaired) electrons. The molecule has 1 unspecified atom stereocenters. The highest BCUT2D eigenvalue weighted by Gasteiger charge is 2.53. The van der Waals surface area contributed by atoms with Gasteiger partial charge in [-0.1, -0.05) is 0 Å². The summed E-state index contributed by atoms with van der Waals surface area (Å²) < 4.78 is 37.1. The second-order valence-corrected chi connectivity index (χ2v) is 3.74. The molecule has 1 amide bonds. The molecule has 1 aromatic heterocycles. The summed E-state index contributed by atoms with van der Waals surface area (Å²) in [6, 6.07) is 0. The minimum absolute atomic E-state index is 0.0369. The summed E-state index contributed by atoms with van der Waals surface area (Å²) in [5.41, 5.74) is 2.06. The first-order valence-electron chi connectivity index (χ1n) is 4.87. The number of halogens is 3. The lowest BCUT2D eigenvalue weighted by Crippen LogP contribution is -2.61. The molecular weight excluding hydrogens is 237 g/mol. The third-order valence-corrected chi connectivity index (χ3v) is 2.26. The van der Waals surface area contributed by atoms with Gasteiger partial charge >= 0.3 is 6.18 Å². The predicted molar refractivity (Wildman–Crippen MR) is 53.9 cm³/mol. The zero-order chi connectivity index (χ0) is 13.1. The maximum absolute atomic E-state index is 12.4. The van der Waals surface area contributed by atoms with Crippen LogP contribution in [0.4, 0.5) is 13.2 Å².